The minimum Gasteiger partial charge on any atom is -0.383 e. The van der Waals surface area contributed by atoms with Crippen molar-refractivity contribution in [2.45, 2.75) is 4.90 Å². The topological polar surface area (TPSA) is 114 Å². The summed E-state index contributed by atoms with van der Waals surface area (Å²) in [6, 6.07) is 8.11. The van der Waals surface area contributed by atoms with Crippen LogP contribution in [0.5, 0.6) is 0 Å². The van der Waals surface area contributed by atoms with Crippen molar-refractivity contribution in [2.24, 2.45) is 0 Å². The summed E-state index contributed by atoms with van der Waals surface area (Å²) >= 11 is 0. The molecular formula is C12H11N5O2S. The molecule has 0 spiro atoms. The molecule has 2 aromatic heterocycles. The van der Waals surface area contributed by atoms with Crippen molar-refractivity contribution < 1.29 is 8.42 Å². The van der Waals surface area contributed by atoms with Gasteiger partial charge in [0.25, 0.3) is 10.0 Å². The standard InChI is InChI=1S/C12H11N5O2S/c13-12-11(5-2-6-14-12)20(18,19)17-10-4-1-3-9-8(10)7-15-16-9/h1-7,17H,(H2,13,14)(H,15,16). The lowest BCUT2D eigenvalue weighted by Crippen LogP contribution is -2.15. The normalized spacial score (nSPS) is 11.6. The minimum absolute atomic E-state index is 0.0423. The molecule has 0 aliphatic heterocycles. The van der Waals surface area contributed by atoms with Gasteiger partial charge in [-0.3, -0.25) is 9.82 Å². The van der Waals surface area contributed by atoms with Gasteiger partial charge in [0.2, 0.25) is 0 Å². The van der Waals surface area contributed by atoms with E-state index in [2.05, 4.69) is 19.9 Å². The summed E-state index contributed by atoms with van der Waals surface area (Å²) in [4.78, 5) is 3.72. The highest BCUT2D eigenvalue weighted by molar-refractivity contribution is 7.92. The zero-order valence-electron chi connectivity index (χ0n) is 10.2. The fourth-order valence-corrected chi connectivity index (χ4v) is 3.05. The fourth-order valence-electron chi connectivity index (χ4n) is 1.89. The van der Waals surface area contributed by atoms with Crippen molar-refractivity contribution in [3.8, 4) is 0 Å². The van der Waals surface area contributed by atoms with E-state index in [1.807, 2.05) is 0 Å². The number of benzene rings is 1. The van der Waals surface area contributed by atoms with E-state index < -0.39 is 10.0 Å². The molecule has 0 unspecified atom stereocenters. The first-order chi connectivity index (χ1) is 9.58. The van der Waals surface area contributed by atoms with E-state index in [-0.39, 0.29) is 10.7 Å². The van der Waals surface area contributed by atoms with Crippen LogP contribution in [0.25, 0.3) is 10.9 Å². The summed E-state index contributed by atoms with van der Waals surface area (Å²) < 4.78 is 27.1. The number of aromatic amines is 1. The van der Waals surface area contributed by atoms with Crippen LogP contribution in [0.15, 0.2) is 47.6 Å². The van der Waals surface area contributed by atoms with Crippen LogP contribution < -0.4 is 10.5 Å². The van der Waals surface area contributed by atoms with Gasteiger partial charge in [0.05, 0.1) is 17.4 Å². The summed E-state index contributed by atoms with van der Waals surface area (Å²) in [5.41, 5.74) is 6.77. The van der Waals surface area contributed by atoms with Crippen molar-refractivity contribution in [3.63, 3.8) is 0 Å². The Kier molecular flexibility index (Phi) is 2.79. The SMILES string of the molecule is Nc1ncccc1S(=O)(=O)Nc1cccc2[nH]ncc12. The second kappa shape index (κ2) is 4.49. The Morgan fingerprint density at radius 3 is 2.85 bits per heavy atom. The van der Waals surface area contributed by atoms with Crippen LogP contribution in [0.3, 0.4) is 0 Å². The second-order valence-corrected chi connectivity index (χ2v) is 5.78. The molecule has 8 heteroatoms. The van der Waals surface area contributed by atoms with Crippen LogP contribution in [0.1, 0.15) is 0 Å². The lowest BCUT2D eigenvalue weighted by atomic mass is 10.2. The van der Waals surface area contributed by atoms with Crippen LogP contribution in [0.2, 0.25) is 0 Å². The molecule has 0 aliphatic carbocycles. The first kappa shape index (κ1) is 12.4. The Hall–Kier alpha value is -2.61. The molecule has 102 valence electrons. The van der Waals surface area contributed by atoms with E-state index in [0.717, 1.165) is 5.52 Å². The summed E-state index contributed by atoms with van der Waals surface area (Å²) in [6.45, 7) is 0. The maximum Gasteiger partial charge on any atom is 0.265 e. The number of aromatic nitrogens is 3. The predicted molar refractivity (Wildman–Crippen MR) is 75.6 cm³/mol. The number of hydrogen-bond donors (Lipinski definition) is 3. The Labute approximate surface area is 114 Å². The Morgan fingerprint density at radius 1 is 1.20 bits per heavy atom. The first-order valence-corrected chi connectivity index (χ1v) is 7.22. The van der Waals surface area contributed by atoms with Gasteiger partial charge < -0.3 is 5.73 Å². The van der Waals surface area contributed by atoms with E-state index in [1.165, 1.54) is 18.3 Å². The summed E-state index contributed by atoms with van der Waals surface area (Å²) in [6.07, 6.45) is 2.99. The van der Waals surface area contributed by atoms with E-state index in [4.69, 9.17) is 5.73 Å². The molecule has 0 atom stereocenters. The molecule has 0 radical (unpaired) electrons. The van der Waals surface area contributed by atoms with E-state index in [0.29, 0.717) is 11.1 Å². The fraction of sp³-hybridized carbons (Fsp3) is 0. The molecule has 7 nitrogen and oxygen atoms in total. The van der Waals surface area contributed by atoms with Gasteiger partial charge in [-0.2, -0.15) is 5.10 Å². The van der Waals surface area contributed by atoms with Crippen molar-refractivity contribution in [1.82, 2.24) is 15.2 Å². The largest absolute Gasteiger partial charge is 0.383 e. The second-order valence-electron chi connectivity index (χ2n) is 4.13. The number of rotatable bonds is 3. The third-order valence-corrected chi connectivity index (χ3v) is 4.23. The highest BCUT2D eigenvalue weighted by Gasteiger charge is 2.19. The third-order valence-electron chi connectivity index (χ3n) is 2.82. The van der Waals surface area contributed by atoms with Gasteiger partial charge >= 0.3 is 0 Å². The van der Waals surface area contributed by atoms with E-state index >= 15 is 0 Å². The summed E-state index contributed by atoms with van der Waals surface area (Å²) in [7, 11) is -3.79. The number of anilines is 2. The average Bonchev–Trinajstić information content (AvgIpc) is 2.88. The molecule has 1 aromatic carbocycles. The quantitative estimate of drug-likeness (QED) is 0.673. The molecule has 0 aliphatic rings. The van der Waals surface area contributed by atoms with Gasteiger partial charge in [0, 0.05) is 11.6 Å². The van der Waals surface area contributed by atoms with Crippen LogP contribution in [0.4, 0.5) is 11.5 Å². The van der Waals surface area contributed by atoms with Crippen LogP contribution >= 0.6 is 0 Å². The van der Waals surface area contributed by atoms with Crippen molar-refractivity contribution >= 4 is 32.4 Å². The van der Waals surface area contributed by atoms with Gasteiger partial charge in [0.15, 0.2) is 0 Å². The van der Waals surface area contributed by atoms with Gasteiger partial charge in [-0.15, -0.1) is 0 Å². The first-order valence-electron chi connectivity index (χ1n) is 5.73. The molecule has 2 heterocycles. The maximum atomic E-state index is 12.3. The number of pyridine rings is 1. The van der Waals surface area contributed by atoms with Gasteiger partial charge in [-0.1, -0.05) is 6.07 Å². The molecule has 0 bridgehead atoms. The molecule has 3 aromatic rings. The number of hydrogen-bond acceptors (Lipinski definition) is 5. The van der Waals surface area contributed by atoms with Gasteiger partial charge in [-0.25, -0.2) is 13.4 Å². The lowest BCUT2D eigenvalue weighted by molar-refractivity contribution is 0.601. The van der Waals surface area contributed by atoms with Crippen molar-refractivity contribution in [1.29, 1.82) is 0 Å². The van der Waals surface area contributed by atoms with Crippen LogP contribution in [-0.2, 0) is 10.0 Å². The monoisotopic (exact) mass is 289 g/mol. The highest BCUT2D eigenvalue weighted by atomic mass is 32.2. The van der Waals surface area contributed by atoms with Crippen LogP contribution in [0, 0.1) is 0 Å². The number of sulfonamides is 1. The number of H-pyrrole nitrogens is 1. The molecule has 0 fully saturated rings. The van der Waals surface area contributed by atoms with Gasteiger partial charge in [-0.05, 0) is 24.3 Å². The maximum absolute atomic E-state index is 12.3. The van der Waals surface area contributed by atoms with Crippen LogP contribution in [-0.4, -0.2) is 23.6 Å². The molecule has 4 N–H and O–H groups in total. The molecule has 20 heavy (non-hydrogen) atoms. The van der Waals surface area contributed by atoms with Crippen molar-refractivity contribution in [3.05, 3.63) is 42.7 Å². The van der Waals surface area contributed by atoms with Crippen molar-refractivity contribution in [2.75, 3.05) is 10.5 Å². The molecule has 0 amide bonds. The number of nitrogen functional groups attached to an aromatic ring is 1. The molecule has 0 saturated carbocycles. The summed E-state index contributed by atoms with van der Waals surface area (Å²) in [5.74, 6) is -0.0423. The minimum atomic E-state index is -3.79. The predicted octanol–water partition coefficient (Wildman–Crippen LogP) is 1.34. The third kappa shape index (κ3) is 2.05. The lowest BCUT2D eigenvalue weighted by Gasteiger charge is -2.10. The molecule has 0 saturated heterocycles. The summed E-state index contributed by atoms with van der Waals surface area (Å²) in [5, 5.41) is 7.34. The van der Waals surface area contributed by atoms with E-state index in [9.17, 15) is 8.42 Å². The zero-order valence-corrected chi connectivity index (χ0v) is 11.1. The number of fused-ring (bicyclic) bond motifs is 1. The number of nitrogens with zero attached hydrogens (tertiary/aromatic N) is 2. The number of nitrogens with one attached hydrogen (secondary N) is 2. The average molecular weight is 289 g/mol. The Bertz CT molecular complexity index is 872. The smallest absolute Gasteiger partial charge is 0.265 e. The highest BCUT2D eigenvalue weighted by Crippen LogP contribution is 2.25. The number of nitrogens with two attached hydrogens (primary N) is 1. The zero-order chi connectivity index (χ0) is 14.2. The molecular weight excluding hydrogens is 278 g/mol. The van der Waals surface area contributed by atoms with E-state index in [1.54, 1.807) is 24.4 Å². The Balaban J connectivity index is 2.06. The Morgan fingerprint density at radius 2 is 2.05 bits per heavy atom. The van der Waals surface area contributed by atoms with Gasteiger partial charge in [0.1, 0.15) is 10.7 Å². The molecule has 3 rings (SSSR count).